The second-order valence-corrected chi connectivity index (χ2v) is 7.10. The van der Waals surface area contributed by atoms with Gasteiger partial charge in [0.15, 0.2) is 6.10 Å². The molecule has 1 aromatic carbocycles. The molecule has 3 amide bonds. The van der Waals surface area contributed by atoms with Crippen molar-refractivity contribution in [2.45, 2.75) is 26.5 Å². The fourth-order valence-corrected chi connectivity index (χ4v) is 3.11. The number of benzene rings is 1. The Morgan fingerprint density at radius 2 is 2.00 bits per heavy atom. The Labute approximate surface area is 198 Å². The molecule has 0 unspecified atom stereocenters. The topological polar surface area (TPSA) is 168 Å². The summed E-state index contributed by atoms with van der Waals surface area (Å²) in [5, 5.41) is 13.9. The Morgan fingerprint density at radius 3 is 2.66 bits per heavy atom. The molecular weight excluding hydrogens is 466 g/mol. The van der Waals surface area contributed by atoms with Gasteiger partial charge in [-0.3, -0.25) is 19.8 Å². The number of nitrogens with zero attached hydrogens (tertiary/aromatic N) is 2. The number of rotatable bonds is 9. The maximum absolute atomic E-state index is 12.9. The molecule has 1 aromatic heterocycles. The van der Waals surface area contributed by atoms with Gasteiger partial charge in [-0.2, -0.15) is 0 Å². The molecule has 0 spiro atoms. The number of para-hydroxylation sites is 1. The quantitative estimate of drug-likeness (QED) is 0.182. The van der Waals surface area contributed by atoms with Crippen molar-refractivity contribution in [3.05, 3.63) is 63.2 Å². The van der Waals surface area contributed by atoms with Crippen molar-refractivity contribution in [1.29, 1.82) is 0 Å². The second kappa shape index (κ2) is 10.5. The molecule has 1 atom stereocenters. The fourth-order valence-electron chi connectivity index (χ4n) is 3.11. The number of carbonyl (C=O) groups is 4. The van der Waals surface area contributed by atoms with Gasteiger partial charge in [0, 0.05) is 11.6 Å². The standard InChI is InChI=1S/C22H21N3O10/c1-4-33-20(27)12(2)34-18-13(6-5-7-16(18)25(30)31)10-15-19(26)24(22(29)23-15)11-14-8-9-17(35-14)21(28)32-3/h5-10,12H,4,11H2,1-3H3,(H,23,29)/b15-10-/t12-/m0/s1. The summed E-state index contributed by atoms with van der Waals surface area (Å²) in [6.45, 7) is 2.77. The van der Waals surface area contributed by atoms with E-state index in [-0.39, 0.29) is 41.7 Å². The van der Waals surface area contributed by atoms with Crippen LogP contribution in [0.5, 0.6) is 5.75 Å². The van der Waals surface area contributed by atoms with E-state index in [0.717, 1.165) is 4.90 Å². The molecule has 2 aromatic rings. The van der Waals surface area contributed by atoms with Crippen molar-refractivity contribution in [1.82, 2.24) is 10.2 Å². The third-order valence-corrected chi connectivity index (χ3v) is 4.76. The average molecular weight is 487 g/mol. The number of nitro benzene ring substituents is 1. The number of urea groups is 1. The van der Waals surface area contributed by atoms with Crippen LogP contribution in [0.3, 0.4) is 0 Å². The monoisotopic (exact) mass is 487 g/mol. The highest BCUT2D eigenvalue weighted by Gasteiger charge is 2.35. The molecule has 3 rings (SSSR count). The van der Waals surface area contributed by atoms with Gasteiger partial charge in [-0.1, -0.05) is 12.1 Å². The van der Waals surface area contributed by atoms with Gasteiger partial charge in [-0.25, -0.2) is 14.4 Å². The molecule has 35 heavy (non-hydrogen) atoms. The molecule has 0 bridgehead atoms. The van der Waals surface area contributed by atoms with Gasteiger partial charge < -0.3 is 23.9 Å². The van der Waals surface area contributed by atoms with E-state index in [9.17, 15) is 29.3 Å². The normalized spacial score (nSPS) is 15.1. The zero-order valence-electron chi connectivity index (χ0n) is 18.9. The summed E-state index contributed by atoms with van der Waals surface area (Å²) in [7, 11) is 1.18. The van der Waals surface area contributed by atoms with Gasteiger partial charge in [-0.15, -0.1) is 0 Å². The minimum atomic E-state index is -1.18. The average Bonchev–Trinajstić information content (AvgIpc) is 3.40. The number of imide groups is 1. The minimum absolute atomic E-state index is 0.0758. The molecule has 1 saturated heterocycles. The predicted octanol–water partition coefficient (Wildman–Crippen LogP) is 2.40. The van der Waals surface area contributed by atoms with Crippen molar-refractivity contribution < 1.29 is 42.7 Å². The predicted molar refractivity (Wildman–Crippen MR) is 117 cm³/mol. The van der Waals surface area contributed by atoms with Crippen LogP contribution in [-0.4, -0.2) is 53.5 Å². The third-order valence-electron chi connectivity index (χ3n) is 4.76. The van der Waals surface area contributed by atoms with Crippen LogP contribution >= 0.6 is 0 Å². The highest BCUT2D eigenvalue weighted by molar-refractivity contribution is 6.14. The summed E-state index contributed by atoms with van der Waals surface area (Å²) in [5.41, 5.74) is -0.564. The number of nitro groups is 1. The van der Waals surface area contributed by atoms with Crippen LogP contribution in [-0.2, 0) is 25.6 Å². The Morgan fingerprint density at radius 1 is 1.26 bits per heavy atom. The first-order valence-corrected chi connectivity index (χ1v) is 10.3. The summed E-state index contributed by atoms with van der Waals surface area (Å²) >= 11 is 0. The molecule has 2 heterocycles. The zero-order chi connectivity index (χ0) is 25.7. The van der Waals surface area contributed by atoms with E-state index in [1.165, 1.54) is 50.4 Å². The molecule has 13 nitrogen and oxygen atoms in total. The molecule has 1 aliphatic heterocycles. The molecule has 0 radical (unpaired) electrons. The summed E-state index contributed by atoms with van der Waals surface area (Å²) in [6, 6.07) is 5.94. The Kier molecular flexibility index (Phi) is 7.49. The van der Waals surface area contributed by atoms with Crippen LogP contribution < -0.4 is 10.1 Å². The molecule has 1 aliphatic rings. The van der Waals surface area contributed by atoms with E-state index in [1.54, 1.807) is 6.92 Å². The van der Waals surface area contributed by atoms with Crippen molar-refractivity contribution in [3.63, 3.8) is 0 Å². The molecule has 1 N–H and O–H groups in total. The smallest absolute Gasteiger partial charge is 0.373 e. The molecule has 13 heteroatoms. The van der Waals surface area contributed by atoms with Crippen LogP contribution in [0.25, 0.3) is 6.08 Å². The second-order valence-electron chi connectivity index (χ2n) is 7.10. The van der Waals surface area contributed by atoms with E-state index in [2.05, 4.69) is 10.1 Å². The summed E-state index contributed by atoms with van der Waals surface area (Å²) in [6.07, 6.45) is 0.0177. The number of hydrogen-bond donors (Lipinski definition) is 1. The summed E-state index contributed by atoms with van der Waals surface area (Å²) in [5.74, 6) is -2.42. The van der Waals surface area contributed by atoms with Crippen LogP contribution in [0.1, 0.15) is 35.7 Å². The summed E-state index contributed by atoms with van der Waals surface area (Å²) in [4.78, 5) is 60.4. The van der Waals surface area contributed by atoms with Crippen molar-refractivity contribution in [3.8, 4) is 5.75 Å². The van der Waals surface area contributed by atoms with Crippen LogP contribution in [0.15, 0.2) is 40.4 Å². The van der Waals surface area contributed by atoms with Gasteiger partial charge in [0.05, 0.1) is 25.2 Å². The number of nitrogens with one attached hydrogen (secondary N) is 1. The SMILES string of the molecule is CCOC(=O)[C@H](C)Oc1c(/C=C2\NC(=O)N(Cc3ccc(C(=O)OC)o3)C2=O)cccc1[N+](=O)[O-]. The number of furan rings is 1. The van der Waals surface area contributed by atoms with Crippen LogP contribution in [0.4, 0.5) is 10.5 Å². The third kappa shape index (κ3) is 5.46. The van der Waals surface area contributed by atoms with Gasteiger partial charge in [0.1, 0.15) is 11.5 Å². The number of amides is 3. The highest BCUT2D eigenvalue weighted by atomic mass is 16.6. The molecule has 0 saturated carbocycles. The van der Waals surface area contributed by atoms with Crippen LogP contribution in [0.2, 0.25) is 0 Å². The lowest BCUT2D eigenvalue weighted by Crippen LogP contribution is -2.30. The minimum Gasteiger partial charge on any atom is -0.471 e. The van der Waals surface area contributed by atoms with E-state index in [1.807, 2.05) is 0 Å². The Bertz CT molecular complexity index is 1220. The molecule has 1 fully saturated rings. The lowest BCUT2D eigenvalue weighted by Gasteiger charge is -2.15. The first-order valence-electron chi connectivity index (χ1n) is 10.3. The fraction of sp³-hybridized carbons (Fsp3) is 0.273. The van der Waals surface area contributed by atoms with Crippen molar-refractivity contribution >= 4 is 35.6 Å². The van der Waals surface area contributed by atoms with E-state index in [0.29, 0.717) is 0 Å². The number of ether oxygens (including phenoxy) is 3. The maximum atomic E-state index is 12.9. The number of methoxy groups -OCH3 is 1. The largest absolute Gasteiger partial charge is 0.471 e. The zero-order valence-corrected chi connectivity index (χ0v) is 18.9. The van der Waals surface area contributed by atoms with E-state index in [4.69, 9.17) is 13.9 Å². The van der Waals surface area contributed by atoms with E-state index >= 15 is 0 Å². The molecule has 0 aliphatic carbocycles. The first kappa shape index (κ1) is 25.0. The number of hydrogen-bond acceptors (Lipinski definition) is 10. The highest BCUT2D eigenvalue weighted by Crippen LogP contribution is 2.34. The van der Waals surface area contributed by atoms with E-state index < -0.39 is 40.6 Å². The lowest BCUT2D eigenvalue weighted by atomic mass is 10.1. The van der Waals surface area contributed by atoms with Gasteiger partial charge in [0.25, 0.3) is 5.91 Å². The van der Waals surface area contributed by atoms with Gasteiger partial charge in [-0.05, 0) is 32.1 Å². The van der Waals surface area contributed by atoms with Gasteiger partial charge in [0.2, 0.25) is 11.5 Å². The van der Waals surface area contributed by atoms with Gasteiger partial charge >= 0.3 is 23.7 Å². The number of carbonyl (C=O) groups excluding carboxylic acids is 4. The number of esters is 2. The molecular formula is C22H21N3O10. The Balaban J connectivity index is 1.89. The molecule has 184 valence electrons. The lowest BCUT2D eigenvalue weighted by molar-refractivity contribution is -0.386. The maximum Gasteiger partial charge on any atom is 0.373 e. The van der Waals surface area contributed by atoms with Crippen molar-refractivity contribution in [2.75, 3.05) is 13.7 Å². The van der Waals surface area contributed by atoms with Crippen LogP contribution in [0, 0.1) is 10.1 Å². The van der Waals surface area contributed by atoms with Crippen molar-refractivity contribution in [2.24, 2.45) is 0 Å². The summed E-state index contributed by atoms with van der Waals surface area (Å²) < 4.78 is 20.2. The first-order chi connectivity index (χ1) is 16.7. The Hall–Kier alpha value is -4.68.